The number of carbonyl (C=O) groups excluding carboxylic acids is 1. The van der Waals surface area contributed by atoms with Gasteiger partial charge in [0.15, 0.2) is 0 Å². The molecule has 158 valence electrons. The van der Waals surface area contributed by atoms with E-state index in [2.05, 4.69) is 22.5 Å². The van der Waals surface area contributed by atoms with E-state index in [0.717, 1.165) is 25.1 Å². The van der Waals surface area contributed by atoms with Crippen molar-refractivity contribution in [3.05, 3.63) is 52.2 Å². The van der Waals surface area contributed by atoms with Gasteiger partial charge in [-0.15, -0.1) is 0 Å². The van der Waals surface area contributed by atoms with Gasteiger partial charge >= 0.3 is 11.7 Å². The Kier molecular flexibility index (Phi) is 7.46. The molecular weight excluding hydrogens is 370 g/mol. The van der Waals surface area contributed by atoms with E-state index in [1.807, 2.05) is 30.0 Å². The van der Waals surface area contributed by atoms with Crippen LogP contribution in [-0.4, -0.2) is 58.6 Å². The van der Waals surface area contributed by atoms with Crippen molar-refractivity contribution in [2.45, 2.75) is 45.2 Å². The van der Waals surface area contributed by atoms with Gasteiger partial charge in [-0.1, -0.05) is 30.3 Å². The van der Waals surface area contributed by atoms with E-state index in [-0.39, 0.29) is 17.6 Å². The second-order valence-electron chi connectivity index (χ2n) is 7.33. The van der Waals surface area contributed by atoms with Gasteiger partial charge in [-0.05, 0) is 31.7 Å². The van der Waals surface area contributed by atoms with E-state index in [9.17, 15) is 9.59 Å². The van der Waals surface area contributed by atoms with E-state index < -0.39 is 0 Å². The largest absolute Gasteiger partial charge is 0.383 e. The molecule has 1 aliphatic rings. The van der Waals surface area contributed by atoms with Gasteiger partial charge in [-0.2, -0.15) is 5.10 Å². The van der Waals surface area contributed by atoms with Gasteiger partial charge in [0.05, 0.1) is 13.2 Å². The Morgan fingerprint density at radius 2 is 1.97 bits per heavy atom. The molecule has 1 aromatic heterocycles. The van der Waals surface area contributed by atoms with Crippen LogP contribution in [0.2, 0.25) is 0 Å². The maximum atomic E-state index is 12.5. The number of nitrogens with one attached hydrogen (secondary N) is 1. The maximum absolute atomic E-state index is 12.5. The quantitative estimate of drug-likeness (QED) is 0.732. The van der Waals surface area contributed by atoms with Crippen LogP contribution in [-0.2, 0) is 24.2 Å². The van der Waals surface area contributed by atoms with Crippen LogP contribution in [0.5, 0.6) is 0 Å². The molecule has 0 aliphatic carbocycles. The molecule has 1 fully saturated rings. The molecule has 1 aliphatic heterocycles. The van der Waals surface area contributed by atoms with Crippen LogP contribution in [0.15, 0.2) is 35.1 Å². The zero-order valence-corrected chi connectivity index (χ0v) is 17.3. The lowest BCUT2D eigenvalue weighted by atomic mass is 9.96. The maximum Gasteiger partial charge on any atom is 0.345 e. The van der Waals surface area contributed by atoms with Crippen LogP contribution in [0, 0.1) is 0 Å². The fourth-order valence-corrected chi connectivity index (χ4v) is 3.79. The highest BCUT2D eigenvalue weighted by atomic mass is 16.5. The van der Waals surface area contributed by atoms with Crippen LogP contribution in [0.4, 0.5) is 4.79 Å². The van der Waals surface area contributed by atoms with Crippen molar-refractivity contribution in [1.29, 1.82) is 0 Å². The number of benzene rings is 1. The second-order valence-corrected chi connectivity index (χ2v) is 7.33. The van der Waals surface area contributed by atoms with Crippen LogP contribution in [0.1, 0.15) is 37.1 Å². The van der Waals surface area contributed by atoms with E-state index >= 15 is 0 Å². The Morgan fingerprint density at radius 3 is 2.62 bits per heavy atom. The molecule has 2 heterocycles. The average molecular weight is 402 g/mol. The first-order valence-electron chi connectivity index (χ1n) is 10.4. The van der Waals surface area contributed by atoms with Crippen LogP contribution < -0.4 is 11.0 Å². The summed E-state index contributed by atoms with van der Waals surface area (Å²) in [5.41, 5.74) is 1.13. The fourth-order valence-electron chi connectivity index (χ4n) is 3.79. The zero-order valence-electron chi connectivity index (χ0n) is 17.3. The molecule has 2 amide bonds. The third-order valence-corrected chi connectivity index (χ3v) is 5.45. The summed E-state index contributed by atoms with van der Waals surface area (Å²) in [4.78, 5) is 26.8. The lowest BCUT2D eigenvalue weighted by molar-refractivity contribution is 0.178. The molecule has 0 saturated carbocycles. The van der Waals surface area contributed by atoms with Gasteiger partial charge in [-0.25, -0.2) is 14.3 Å². The van der Waals surface area contributed by atoms with Crippen molar-refractivity contribution in [3.8, 4) is 0 Å². The lowest BCUT2D eigenvalue weighted by Gasteiger charge is -2.31. The molecule has 3 rings (SSSR count). The Labute approximate surface area is 171 Å². The van der Waals surface area contributed by atoms with Crippen LogP contribution in [0.25, 0.3) is 0 Å². The van der Waals surface area contributed by atoms with Gasteiger partial charge in [-0.3, -0.25) is 4.57 Å². The van der Waals surface area contributed by atoms with Crippen LogP contribution >= 0.6 is 0 Å². The van der Waals surface area contributed by atoms with E-state index in [4.69, 9.17) is 4.74 Å². The molecule has 1 aromatic carbocycles. The monoisotopic (exact) mass is 401 g/mol. The molecule has 0 spiro atoms. The number of nitrogens with zero attached hydrogens (tertiary/aromatic N) is 4. The highest BCUT2D eigenvalue weighted by Crippen LogP contribution is 2.26. The fraction of sp³-hybridized carbons (Fsp3) is 0.571. The number of likely N-dealkylation sites (tertiary alicyclic amines) is 1. The molecule has 0 atom stereocenters. The van der Waals surface area contributed by atoms with Gasteiger partial charge in [0.25, 0.3) is 0 Å². The smallest absolute Gasteiger partial charge is 0.345 e. The number of urea groups is 1. The molecule has 1 saturated heterocycles. The first kappa shape index (κ1) is 21.1. The molecule has 0 bridgehead atoms. The molecule has 2 aromatic rings. The van der Waals surface area contributed by atoms with Crippen molar-refractivity contribution in [2.24, 2.45) is 0 Å². The molecule has 1 N–H and O–H groups in total. The predicted molar refractivity (Wildman–Crippen MR) is 111 cm³/mol. The summed E-state index contributed by atoms with van der Waals surface area (Å²) in [7, 11) is 1.61. The summed E-state index contributed by atoms with van der Waals surface area (Å²) >= 11 is 0. The third-order valence-electron chi connectivity index (χ3n) is 5.45. The number of hydrogen-bond acceptors (Lipinski definition) is 4. The van der Waals surface area contributed by atoms with Crippen molar-refractivity contribution in [1.82, 2.24) is 24.6 Å². The Morgan fingerprint density at radius 1 is 1.24 bits per heavy atom. The highest BCUT2D eigenvalue weighted by Gasteiger charge is 2.28. The SMILES string of the molecule is CCn1c(C2CCN(C(=O)NCCc3ccccc3)CC2)nn(CCOC)c1=O. The first-order chi connectivity index (χ1) is 14.1. The van der Waals surface area contributed by atoms with Crippen molar-refractivity contribution < 1.29 is 9.53 Å². The number of amides is 2. The Bertz CT molecular complexity index is 838. The van der Waals surface area contributed by atoms with E-state index in [0.29, 0.717) is 39.3 Å². The summed E-state index contributed by atoms with van der Waals surface area (Å²) in [6.07, 6.45) is 2.45. The summed E-state index contributed by atoms with van der Waals surface area (Å²) in [5.74, 6) is 1.03. The van der Waals surface area contributed by atoms with Gasteiger partial charge < -0.3 is 15.0 Å². The van der Waals surface area contributed by atoms with E-state index in [1.165, 1.54) is 10.2 Å². The predicted octanol–water partition coefficient (Wildman–Crippen LogP) is 1.84. The number of piperidine rings is 1. The minimum atomic E-state index is -0.0827. The highest BCUT2D eigenvalue weighted by molar-refractivity contribution is 5.74. The Balaban J connectivity index is 1.52. The molecule has 0 radical (unpaired) electrons. The topological polar surface area (TPSA) is 81.4 Å². The number of aromatic nitrogens is 3. The van der Waals surface area contributed by atoms with Gasteiger partial charge in [0.1, 0.15) is 5.82 Å². The molecule has 29 heavy (non-hydrogen) atoms. The number of carbonyl (C=O) groups is 1. The Hall–Kier alpha value is -2.61. The number of rotatable bonds is 8. The average Bonchev–Trinajstić information content (AvgIpc) is 3.08. The van der Waals surface area contributed by atoms with Gasteiger partial charge in [0.2, 0.25) is 0 Å². The lowest BCUT2D eigenvalue weighted by Crippen LogP contribution is -2.45. The first-order valence-corrected chi connectivity index (χ1v) is 10.4. The minimum absolute atomic E-state index is 0.0158. The summed E-state index contributed by atoms with van der Waals surface area (Å²) in [6, 6.07) is 10.1. The standard InChI is InChI=1S/C21H31N5O3/c1-3-25-19(23-26(21(25)28)15-16-29-2)18-10-13-24(14-11-18)20(27)22-12-9-17-7-5-4-6-8-17/h4-8,18H,3,9-16H2,1-2H3,(H,22,27). The third kappa shape index (κ3) is 5.26. The van der Waals surface area contributed by atoms with Crippen molar-refractivity contribution in [2.75, 3.05) is 33.4 Å². The van der Waals surface area contributed by atoms with E-state index in [1.54, 1.807) is 11.7 Å². The minimum Gasteiger partial charge on any atom is -0.383 e. The number of methoxy groups -OCH3 is 1. The number of hydrogen-bond donors (Lipinski definition) is 1. The molecule has 8 heteroatoms. The number of ether oxygens (including phenoxy) is 1. The molecule has 8 nitrogen and oxygen atoms in total. The second kappa shape index (κ2) is 10.2. The molecule has 0 unspecified atom stereocenters. The van der Waals surface area contributed by atoms with Gasteiger partial charge in [0, 0.05) is 39.2 Å². The molecular formula is C21H31N5O3. The summed E-state index contributed by atoms with van der Waals surface area (Å²) in [5, 5.41) is 7.58. The summed E-state index contributed by atoms with van der Waals surface area (Å²) in [6.45, 7) is 5.45. The van der Waals surface area contributed by atoms with Crippen molar-refractivity contribution >= 4 is 6.03 Å². The van der Waals surface area contributed by atoms with Crippen molar-refractivity contribution in [3.63, 3.8) is 0 Å². The normalized spacial score (nSPS) is 14.9. The van der Waals surface area contributed by atoms with Crippen LogP contribution in [0.3, 0.4) is 0 Å². The zero-order chi connectivity index (χ0) is 20.6. The summed E-state index contributed by atoms with van der Waals surface area (Å²) < 4.78 is 8.31.